The number of aromatic hydroxyl groups is 2. The predicted octanol–water partition coefficient (Wildman–Crippen LogP) is 2.96. The lowest BCUT2D eigenvalue weighted by Crippen LogP contribution is -2.72. The average Bonchev–Trinajstić information content (AvgIpc) is 2.69. The van der Waals surface area contributed by atoms with Crippen LogP contribution in [0.5, 0.6) is 11.5 Å². The number of nitrogens with zero attached hydrogens (tertiary/aromatic N) is 1. The van der Waals surface area contributed by atoms with Gasteiger partial charge < -0.3 is 29.9 Å². The van der Waals surface area contributed by atoms with Crippen molar-refractivity contribution < 1.29 is 24.5 Å². The first-order valence-corrected chi connectivity index (χ1v) is 11.5. The van der Waals surface area contributed by atoms with Gasteiger partial charge in [-0.05, 0) is 71.7 Å². The topological polar surface area (TPSA) is 91.3 Å². The number of benzene rings is 1. The summed E-state index contributed by atoms with van der Waals surface area (Å²) in [5.41, 5.74) is 0.0935. The Kier molecular flexibility index (Phi) is 6.59. The predicted molar refractivity (Wildman–Crippen MR) is 124 cm³/mol. The van der Waals surface area contributed by atoms with Crippen molar-refractivity contribution in [2.24, 2.45) is 5.92 Å². The third-order valence-electron chi connectivity index (χ3n) is 7.85. The molecule has 7 heteroatoms. The van der Waals surface area contributed by atoms with E-state index < -0.39 is 16.6 Å². The Balaban J connectivity index is 2.03. The van der Waals surface area contributed by atoms with Crippen molar-refractivity contribution >= 4 is 5.97 Å². The Bertz CT molecular complexity index is 865. The van der Waals surface area contributed by atoms with Crippen LogP contribution in [0.25, 0.3) is 0 Å². The third-order valence-corrected chi connectivity index (χ3v) is 7.85. The summed E-state index contributed by atoms with van der Waals surface area (Å²) in [5, 5.41) is 24.8. The fraction of sp³-hybridized carbons (Fsp3) is 0.720. The largest absolute Gasteiger partial charge is 0.504 e. The molecule has 1 aromatic carbocycles. The fourth-order valence-electron chi connectivity index (χ4n) is 6.28. The first kappa shape index (κ1) is 24.8. The van der Waals surface area contributed by atoms with Gasteiger partial charge in [0.05, 0.1) is 12.1 Å². The van der Waals surface area contributed by atoms with Crippen molar-refractivity contribution in [1.82, 2.24) is 10.2 Å². The van der Waals surface area contributed by atoms with Crippen LogP contribution in [0.3, 0.4) is 0 Å². The van der Waals surface area contributed by atoms with Crippen LogP contribution in [-0.2, 0) is 26.1 Å². The number of esters is 1. The minimum atomic E-state index is -0.600. The molecule has 1 aromatic rings. The lowest BCUT2D eigenvalue weighted by molar-refractivity contribution is -0.169. The molecule has 0 aromatic heterocycles. The van der Waals surface area contributed by atoms with Gasteiger partial charge >= 0.3 is 5.97 Å². The zero-order valence-electron chi connectivity index (χ0n) is 20.8. The number of likely N-dealkylation sites (N-methyl/N-ethyl adjacent to an activating group) is 1. The number of methoxy groups -OCH3 is 1. The number of rotatable bonds is 5. The summed E-state index contributed by atoms with van der Waals surface area (Å²) in [5.74, 6) is -0.459. The molecule has 7 nitrogen and oxygen atoms in total. The Labute approximate surface area is 192 Å². The molecule has 32 heavy (non-hydrogen) atoms. The molecule has 3 rings (SSSR count). The molecule has 2 aliphatic rings. The number of hydrogen-bond donors (Lipinski definition) is 3. The van der Waals surface area contributed by atoms with Crippen LogP contribution < -0.4 is 5.32 Å². The first-order valence-electron chi connectivity index (χ1n) is 11.5. The third kappa shape index (κ3) is 3.88. The van der Waals surface area contributed by atoms with Crippen LogP contribution in [-0.4, -0.2) is 72.1 Å². The maximum Gasteiger partial charge on any atom is 0.320 e. The molecule has 0 spiro atoms. The molecular weight excluding hydrogens is 408 g/mol. The Hall–Kier alpha value is -1.83. The molecule has 5 atom stereocenters. The van der Waals surface area contributed by atoms with E-state index in [4.69, 9.17) is 9.47 Å². The van der Waals surface area contributed by atoms with Gasteiger partial charge in [-0.25, -0.2) is 0 Å². The van der Waals surface area contributed by atoms with E-state index in [1.54, 1.807) is 13.2 Å². The molecular formula is C25H40N2O5. The number of carbonyl (C=O) groups is 1. The van der Waals surface area contributed by atoms with Crippen LogP contribution in [0.15, 0.2) is 12.1 Å². The molecule has 0 bridgehead atoms. The molecule has 0 heterocycles. The Morgan fingerprint density at radius 3 is 2.50 bits per heavy atom. The van der Waals surface area contributed by atoms with Crippen LogP contribution in [0.1, 0.15) is 58.6 Å². The second kappa shape index (κ2) is 8.50. The average molecular weight is 449 g/mol. The molecule has 2 aliphatic carbocycles. The monoisotopic (exact) mass is 448 g/mol. The molecule has 0 aliphatic heterocycles. The zero-order valence-corrected chi connectivity index (χ0v) is 20.8. The molecule has 180 valence electrons. The van der Waals surface area contributed by atoms with E-state index in [2.05, 4.69) is 38.2 Å². The summed E-state index contributed by atoms with van der Waals surface area (Å²) in [6.45, 7) is 9.98. The van der Waals surface area contributed by atoms with Crippen LogP contribution in [0.4, 0.5) is 0 Å². The maximum absolute atomic E-state index is 12.3. The number of nitrogens with one attached hydrogen (secondary N) is 1. The number of fused-ring (bicyclic) bond motifs is 3. The lowest BCUT2D eigenvalue weighted by Gasteiger charge is -2.63. The highest BCUT2D eigenvalue weighted by Gasteiger charge is 2.64. The normalized spacial score (nSPS) is 32.3. The highest BCUT2D eigenvalue weighted by molar-refractivity contribution is 5.72. The molecule has 0 radical (unpaired) electrons. The Morgan fingerprint density at radius 1 is 1.28 bits per heavy atom. The van der Waals surface area contributed by atoms with Gasteiger partial charge in [0.1, 0.15) is 5.60 Å². The van der Waals surface area contributed by atoms with E-state index in [1.165, 1.54) is 0 Å². The van der Waals surface area contributed by atoms with Crippen molar-refractivity contribution in [2.45, 2.75) is 82.6 Å². The van der Waals surface area contributed by atoms with E-state index in [0.29, 0.717) is 0 Å². The second-order valence-electron chi connectivity index (χ2n) is 10.8. The molecule has 1 fully saturated rings. The van der Waals surface area contributed by atoms with Gasteiger partial charge in [0.25, 0.3) is 0 Å². The van der Waals surface area contributed by atoms with E-state index in [-0.39, 0.29) is 42.0 Å². The van der Waals surface area contributed by atoms with Gasteiger partial charge in [-0.15, -0.1) is 0 Å². The maximum atomic E-state index is 12.3. The lowest BCUT2D eigenvalue weighted by atomic mass is 9.48. The number of ether oxygens (including phenoxy) is 2. The SMILES string of the molecule is CO[C@@]12CCC(NCC(=O)OC(C)(C)C)[C@H](C)C1(C)c1c(ccc(O)c1O)CC2N(C)C. The zero-order chi connectivity index (χ0) is 24.1. The summed E-state index contributed by atoms with van der Waals surface area (Å²) < 4.78 is 11.8. The number of hydrogen-bond acceptors (Lipinski definition) is 7. The van der Waals surface area contributed by atoms with E-state index in [1.807, 2.05) is 26.8 Å². The molecule has 0 amide bonds. The van der Waals surface area contributed by atoms with Crippen LogP contribution in [0, 0.1) is 5.92 Å². The summed E-state index contributed by atoms with van der Waals surface area (Å²) >= 11 is 0. The van der Waals surface area contributed by atoms with Gasteiger partial charge in [0, 0.05) is 30.2 Å². The number of phenolic OH excluding ortho intramolecular Hbond substituents is 2. The fourth-order valence-corrected chi connectivity index (χ4v) is 6.28. The number of carbonyl (C=O) groups excluding carboxylic acids is 1. The summed E-state index contributed by atoms with van der Waals surface area (Å²) in [7, 11) is 5.88. The standard InChI is InChI=1S/C25H40N2O5/c1-15-17(26-14-20(29)32-23(2,3)4)11-12-25(31-8)19(27(6)7)13-16-9-10-18(28)22(30)21(16)24(15,25)5/h9-10,15,17,19,26,28,30H,11-14H2,1-8H3/t15-,17?,19?,24?,25+/m0/s1. The highest BCUT2D eigenvalue weighted by Crippen LogP contribution is 2.60. The van der Waals surface area contributed by atoms with Crippen molar-refractivity contribution in [3.8, 4) is 11.5 Å². The molecule has 1 saturated carbocycles. The van der Waals surface area contributed by atoms with Crippen molar-refractivity contribution in [3.05, 3.63) is 23.3 Å². The highest BCUT2D eigenvalue weighted by atomic mass is 16.6. The van der Waals surface area contributed by atoms with E-state index in [0.717, 1.165) is 30.4 Å². The second-order valence-corrected chi connectivity index (χ2v) is 10.8. The summed E-state index contributed by atoms with van der Waals surface area (Å²) in [4.78, 5) is 14.5. The minimum Gasteiger partial charge on any atom is -0.504 e. The summed E-state index contributed by atoms with van der Waals surface area (Å²) in [6, 6.07) is 3.60. The molecule has 0 saturated heterocycles. The first-order chi connectivity index (χ1) is 14.8. The van der Waals surface area contributed by atoms with Gasteiger partial charge in [0.15, 0.2) is 11.5 Å². The van der Waals surface area contributed by atoms with Crippen molar-refractivity contribution in [3.63, 3.8) is 0 Å². The Morgan fingerprint density at radius 2 is 1.94 bits per heavy atom. The molecule has 3 unspecified atom stereocenters. The van der Waals surface area contributed by atoms with Crippen molar-refractivity contribution in [2.75, 3.05) is 27.7 Å². The van der Waals surface area contributed by atoms with Gasteiger partial charge in [-0.2, -0.15) is 0 Å². The van der Waals surface area contributed by atoms with Crippen LogP contribution >= 0.6 is 0 Å². The van der Waals surface area contributed by atoms with E-state index >= 15 is 0 Å². The smallest absolute Gasteiger partial charge is 0.320 e. The quantitative estimate of drug-likeness (QED) is 0.471. The van der Waals surface area contributed by atoms with Gasteiger partial charge in [-0.1, -0.05) is 19.9 Å². The van der Waals surface area contributed by atoms with E-state index in [9.17, 15) is 15.0 Å². The van der Waals surface area contributed by atoms with Crippen LogP contribution in [0.2, 0.25) is 0 Å². The van der Waals surface area contributed by atoms with Crippen molar-refractivity contribution in [1.29, 1.82) is 0 Å². The number of phenols is 2. The van der Waals surface area contributed by atoms with Gasteiger partial charge in [-0.3, -0.25) is 4.79 Å². The summed E-state index contributed by atoms with van der Waals surface area (Å²) in [6.07, 6.45) is 2.31. The van der Waals surface area contributed by atoms with Gasteiger partial charge in [0.2, 0.25) is 0 Å². The molecule has 3 N–H and O–H groups in total. The minimum absolute atomic E-state index is 0.00726.